The number of aromatic amines is 1. The maximum atomic E-state index is 5.46. The van der Waals surface area contributed by atoms with E-state index < -0.39 is 0 Å². The Bertz CT molecular complexity index is 600. The molecule has 0 saturated heterocycles. The fraction of sp³-hybridized carbons (Fsp3) is 0.273. The molecule has 1 aliphatic heterocycles. The lowest BCUT2D eigenvalue weighted by Crippen LogP contribution is -1.89. The molecule has 1 aromatic heterocycles. The van der Waals surface area contributed by atoms with E-state index in [0.717, 1.165) is 30.2 Å². The van der Waals surface area contributed by atoms with Gasteiger partial charge in [0.05, 0.1) is 6.61 Å². The number of hydrogen-bond donors (Lipinski definition) is 1. The Labute approximate surface area is 97.9 Å². The standard InChI is InChI=1S/C11H11N3OS/c1-14-11(16)12-10(13-14)8-2-3-9-7(6-8)4-5-15-9/h2-3,6H,4-5H2,1H3,(H,12,13,16). The molecular weight excluding hydrogens is 222 g/mol. The first-order valence-corrected chi connectivity index (χ1v) is 5.54. The summed E-state index contributed by atoms with van der Waals surface area (Å²) in [6.45, 7) is 0.775. The molecule has 0 unspecified atom stereocenters. The highest BCUT2D eigenvalue weighted by Gasteiger charge is 2.13. The first-order chi connectivity index (χ1) is 7.74. The zero-order valence-corrected chi connectivity index (χ0v) is 9.67. The average molecular weight is 233 g/mol. The number of rotatable bonds is 1. The Morgan fingerprint density at radius 1 is 1.50 bits per heavy atom. The van der Waals surface area contributed by atoms with Crippen LogP contribution < -0.4 is 4.74 Å². The number of ether oxygens (including phenoxy) is 1. The van der Waals surface area contributed by atoms with E-state index in [9.17, 15) is 0 Å². The van der Waals surface area contributed by atoms with Gasteiger partial charge in [-0.3, -0.25) is 9.78 Å². The number of nitrogens with zero attached hydrogens (tertiary/aromatic N) is 2. The molecule has 0 aliphatic carbocycles. The molecule has 4 nitrogen and oxygen atoms in total. The zero-order valence-electron chi connectivity index (χ0n) is 8.86. The van der Waals surface area contributed by atoms with E-state index in [1.54, 1.807) is 4.68 Å². The Balaban J connectivity index is 2.10. The number of nitrogens with one attached hydrogen (secondary N) is 1. The summed E-state index contributed by atoms with van der Waals surface area (Å²) < 4.78 is 7.75. The van der Waals surface area contributed by atoms with Gasteiger partial charge in [-0.1, -0.05) is 0 Å². The second-order valence-corrected chi connectivity index (χ2v) is 4.20. The smallest absolute Gasteiger partial charge is 0.216 e. The van der Waals surface area contributed by atoms with Crippen LogP contribution in [0.2, 0.25) is 0 Å². The van der Waals surface area contributed by atoms with Crippen molar-refractivity contribution in [1.29, 1.82) is 0 Å². The normalized spacial score (nSPS) is 13.6. The van der Waals surface area contributed by atoms with Gasteiger partial charge in [0.2, 0.25) is 4.77 Å². The Kier molecular flexibility index (Phi) is 2.07. The molecule has 2 aromatic rings. The summed E-state index contributed by atoms with van der Waals surface area (Å²) in [7, 11) is 1.86. The van der Waals surface area contributed by atoms with E-state index in [-0.39, 0.29) is 0 Å². The van der Waals surface area contributed by atoms with Crippen LogP contribution >= 0.6 is 12.2 Å². The van der Waals surface area contributed by atoms with Crippen LogP contribution in [0.15, 0.2) is 18.2 Å². The summed E-state index contributed by atoms with van der Waals surface area (Å²) in [5, 5.41) is 3.11. The quantitative estimate of drug-likeness (QED) is 0.767. The monoisotopic (exact) mass is 233 g/mol. The number of aromatic nitrogens is 3. The van der Waals surface area contributed by atoms with Crippen molar-refractivity contribution in [2.45, 2.75) is 6.42 Å². The minimum absolute atomic E-state index is 0.562. The Hall–Kier alpha value is -1.62. The molecule has 2 heterocycles. The van der Waals surface area contributed by atoms with Crippen LogP contribution in [0.25, 0.3) is 11.4 Å². The number of aryl methyl sites for hydroxylation is 1. The molecule has 0 fully saturated rings. The molecule has 0 saturated carbocycles. The van der Waals surface area contributed by atoms with Gasteiger partial charge in [-0.15, -0.1) is 0 Å². The van der Waals surface area contributed by atoms with Gasteiger partial charge in [-0.2, -0.15) is 4.98 Å². The van der Waals surface area contributed by atoms with Gasteiger partial charge in [0.1, 0.15) is 5.75 Å². The van der Waals surface area contributed by atoms with E-state index in [4.69, 9.17) is 17.0 Å². The third-order valence-electron chi connectivity index (χ3n) is 2.73. The molecule has 1 aromatic carbocycles. The second-order valence-electron chi connectivity index (χ2n) is 3.83. The molecule has 0 atom stereocenters. The van der Waals surface area contributed by atoms with Crippen molar-refractivity contribution < 1.29 is 4.74 Å². The highest BCUT2D eigenvalue weighted by molar-refractivity contribution is 7.71. The summed E-state index contributed by atoms with van der Waals surface area (Å²) in [5.41, 5.74) is 2.29. The van der Waals surface area contributed by atoms with Crippen molar-refractivity contribution in [3.63, 3.8) is 0 Å². The summed E-state index contributed by atoms with van der Waals surface area (Å²) >= 11 is 5.07. The molecule has 5 heteroatoms. The predicted octanol–water partition coefficient (Wildman–Crippen LogP) is 2.08. The van der Waals surface area contributed by atoms with Crippen LogP contribution in [0, 0.1) is 4.77 Å². The highest BCUT2D eigenvalue weighted by atomic mass is 32.1. The maximum Gasteiger partial charge on any atom is 0.216 e. The fourth-order valence-electron chi connectivity index (χ4n) is 1.87. The summed E-state index contributed by atoms with van der Waals surface area (Å²) in [4.78, 5) is 4.29. The van der Waals surface area contributed by atoms with Gasteiger partial charge in [0.25, 0.3) is 0 Å². The van der Waals surface area contributed by atoms with Gasteiger partial charge in [-0.25, -0.2) is 0 Å². The van der Waals surface area contributed by atoms with Gasteiger partial charge in [0, 0.05) is 19.0 Å². The third kappa shape index (κ3) is 1.44. The minimum atomic E-state index is 0.562. The average Bonchev–Trinajstić information content (AvgIpc) is 2.85. The van der Waals surface area contributed by atoms with E-state index >= 15 is 0 Å². The van der Waals surface area contributed by atoms with E-state index in [1.807, 2.05) is 19.2 Å². The molecular formula is C11H11N3OS. The molecule has 0 amide bonds. The third-order valence-corrected chi connectivity index (χ3v) is 3.10. The Morgan fingerprint density at radius 2 is 2.38 bits per heavy atom. The van der Waals surface area contributed by atoms with Crippen LogP contribution in [-0.4, -0.2) is 21.4 Å². The molecule has 82 valence electrons. The molecule has 1 aliphatic rings. The lowest BCUT2D eigenvalue weighted by Gasteiger charge is -2.00. The van der Waals surface area contributed by atoms with Gasteiger partial charge < -0.3 is 4.74 Å². The molecule has 0 bridgehead atoms. The highest BCUT2D eigenvalue weighted by Crippen LogP contribution is 2.28. The molecule has 0 radical (unpaired) electrons. The number of fused-ring (bicyclic) bond motifs is 1. The van der Waals surface area contributed by atoms with Crippen molar-refractivity contribution in [3.05, 3.63) is 28.5 Å². The summed E-state index contributed by atoms with van der Waals surface area (Å²) in [6.07, 6.45) is 0.969. The van der Waals surface area contributed by atoms with Crippen LogP contribution in [-0.2, 0) is 13.5 Å². The van der Waals surface area contributed by atoms with Crippen LogP contribution in [0.3, 0.4) is 0 Å². The number of benzene rings is 1. The fourth-order valence-corrected chi connectivity index (χ4v) is 2.00. The van der Waals surface area contributed by atoms with Crippen molar-refractivity contribution in [3.8, 4) is 17.1 Å². The summed E-state index contributed by atoms with van der Waals surface area (Å²) in [5.74, 6) is 1.79. The van der Waals surface area contributed by atoms with Crippen molar-refractivity contribution in [2.24, 2.45) is 7.05 Å². The second kappa shape index (κ2) is 3.45. The van der Waals surface area contributed by atoms with Gasteiger partial charge in [0.15, 0.2) is 5.82 Å². The van der Waals surface area contributed by atoms with E-state index in [2.05, 4.69) is 16.1 Å². The minimum Gasteiger partial charge on any atom is -0.493 e. The largest absolute Gasteiger partial charge is 0.493 e. The van der Waals surface area contributed by atoms with Crippen LogP contribution in [0.4, 0.5) is 0 Å². The Morgan fingerprint density at radius 3 is 3.12 bits per heavy atom. The first-order valence-electron chi connectivity index (χ1n) is 5.13. The first kappa shape index (κ1) is 9.59. The van der Waals surface area contributed by atoms with Crippen molar-refractivity contribution in [2.75, 3.05) is 6.61 Å². The van der Waals surface area contributed by atoms with Gasteiger partial charge >= 0.3 is 0 Å². The van der Waals surface area contributed by atoms with Crippen molar-refractivity contribution in [1.82, 2.24) is 14.8 Å². The maximum absolute atomic E-state index is 5.46. The predicted molar refractivity (Wildman–Crippen MR) is 63.0 cm³/mol. The van der Waals surface area contributed by atoms with Crippen LogP contribution in [0.5, 0.6) is 5.75 Å². The SMILES string of the molecule is Cn1[nH]c(-c2ccc3c(c2)CCO3)nc1=S. The van der Waals surface area contributed by atoms with E-state index in [1.165, 1.54) is 5.56 Å². The number of hydrogen-bond acceptors (Lipinski definition) is 3. The zero-order chi connectivity index (χ0) is 11.1. The summed E-state index contributed by atoms with van der Waals surface area (Å²) in [6, 6.07) is 6.09. The molecule has 16 heavy (non-hydrogen) atoms. The topological polar surface area (TPSA) is 42.8 Å². The van der Waals surface area contributed by atoms with E-state index in [0.29, 0.717) is 4.77 Å². The molecule has 3 rings (SSSR count). The van der Waals surface area contributed by atoms with Crippen molar-refractivity contribution >= 4 is 12.2 Å². The lowest BCUT2D eigenvalue weighted by atomic mass is 10.1. The molecule has 1 N–H and O–H groups in total. The van der Waals surface area contributed by atoms with Gasteiger partial charge in [-0.05, 0) is 36.0 Å². The lowest BCUT2D eigenvalue weighted by molar-refractivity contribution is 0.357. The number of H-pyrrole nitrogens is 1. The van der Waals surface area contributed by atoms with Crippen LogP contribution in [0.1, 0.15) is 5.56 Å². The molecule has 0 spiro atoms.